The first-order valence-electron chi connectivity index (χ1n) is 4.94. The molecule has 1 amide bonds. The Kier molecular flexibility index (Phi) is 5.48. The zero-order valence-corrected chi connectivity index (χ0v) is 11.6. The quantitative estimate of drug-likeness (QED) is 0.563. The molecule has 100 valence electrons. The Hall–Kier alpha value is -0.730. The molecule has 0 saturated heterocycles. The van der Waals surface area contributed by atoms with Gasteiger partial charge in [0.15, 0.2) is 0 Å². The maximum absolute atomic E-state index is 11.9. The minimum absolute atomic E-state index is 0.0154. The van der Waals surface area contributed by atoms with Gasteiger partial charge in [0, 0.05) is 10.7 Å². The second-order valence-electron chi connectivity index (χ2n) is 3.70. The van der Waals surface area contributed by atoms with E-state index < -0.39 is 31.3 Å². The van der Waals surface area contributed by atoms with E-state index in [-0.39, 0.29) is 10.7 Å². The van der Waals surface area contributed by atoms with Gasteiger partial charge in [0.25, 0.3) is 5.91 Å². The Morgan fingerprint density at radius 1 is 1.39 bits per heavy atom. The molecule has 0 saturated carbocycles. The van der Waals surface area contributed by atoms with E-state index in [0.29, 0.717) is 4.47 Å². The number of rotatable bonds is 5. The number of carbonyl (C=O) groups excluding carboxylic acids is 1. The Morgan fingerprint density at radius 3 is 2.44 bits per heavy atom. The van der Waals surface area contributed by atoms with Crippen molar-refractivity contribution in [1.82, 2.24) is 10.3 Å². The Bertz CT molecular complexity index is 432. The number of hydrogen-bond acceptors (Lipinski definition) is 5. The number of amides is 1. The third kappa shape index (κ3) is 3.39. The number of aliphatic hydroxyl groups excluding tert-OH is 3. The summed E-state index contributed by atoms with van der Waals surface area (Å²) in [5, 5.41) is 29.6. The van der Waals surface area contributed by atoms with Gasteiger partial charge < -0.3 is 20.6 Å². The molecular weight excluding hydrogens is 327 g/mol. The summed E-state index contributed by atoms with van der Waals surface area (Å²) in [4.78, 5) is 15.7. The van der Waals surface area contributed by atoms with Gasteiger partial charge in [0.05, 0.1) is 25.4 Å². The third-order valence-electron chi connectivity index (χ3n) is 2.34. The number of carbonyl (C=O) groups is 1. The van der Waals surface area contributed by atoms with Crippen molar-refractivity contribution in [3.05, 3.63) is 27.5 Å². The van der Waals surface area contributed by atoms with Crippen molar-refractivity contribution in [1.29, 1.82) is 0 Å². The number of nitrogens with one attached hydrogen (secondary N) is 1. The molecule has 0 atom stereocenters. The molecule has 0 bridgehead atoms. The van der Waals surface area contributed by atoms with Crippen molar-refractivity contribution in [2.24, 2.45) is 0 Å². The molecule has 1 aromatic rings. The van der Waals surface area contributed by atoms with Gasteiger partial charge in [-0.1, -0.05) is 11.6 Å². The molecule has 0 aliphatic heterocycles. The van der Waals surface area contributed by atoms with E-state index in [4.69, 9.17) is 26.9 Å². The fraction of sp³-hybridized carbons (Fsp3) is 0.400. The topological polar surface area (TPSA) is 103 Å². The van der Waals surface area contributed by atoms with Crippen LogP contribution in [0.15, 0.2) is 16.7 Å². The van der Waals surface area contributed by atoms with Crippen molar-refractivity contribution >= 4 is 33.4 Å². The third-order valence-corrected chi connectivity index (χ3v) is 3.07. The molecule has 0 unspecified atom stereocenters. The molecule has 18 heavy (non-hydrogen) atoms. The summed E-state index contributed by atoms with van der Waals surface area (Å²) < 4.78 is 0.555. The highest BCUT2D eigenvalue weighted by Crippen LogP contribution is 2.18. The van der Waals surface area contributed by atoms with Crippen LogP contribution in [0.2, 0.25) is 5.15 Å². The normalized spacial score (nSPS) is 11.4. The highest BCUT2D eigenvalue weighted by atomic mass is 79.9. The van der Waals surface area contributed by atoms with E-state index in [1.807, 2.05) is 0 Å². The summed E-state index contributed by atoms with van der Waals surface area (Å²) in [7, 11) is 0. The van der Waals surface area contributed by atoms with E-state index in [1.165, 1.54) is 12.3 Å². The van der Waals surface area contributed by atoms with Crippen LogP contribution >= 0.6 is 27.5 Å². The molecule has 0 aliphatic rings. The van der Waals surface area contributed by atoms with Crippen LogP contribution in [0.4, 0.5) is 0 Å². The average molecular weight is 340 g/mol. The second-order valence-corrected chi connectivity index (χ2v) is 4.97. The van der Waals surface area contributed by atoms with E-state index in [2.05, 4.69) is 26.2 Å². The lowest BCUT2D eigenvalue weighted by Crippen LogP contribution is -2.57. The maximum atomic E-state index is 11.9. The van der Waals surface area contributed by atoms with Gasteiger partial charge in [-0.2, -0.15) is 0 Å². The fourth-order valence-corrected chi connectivity index (χ4v) is 1.68. The number of aromatic nitrogens is 1. The lowest BCUT2D eigenvalue weighted by Gasteiger charge is -2.28. The molecule has 4 N–H and O–H groups in total. The first-order chi connectivity index (χ1) is 8.48. The number of halogens is 2. The number of pyridine rings is 1. The van der Waals surface area contributed by atoms with Gasteiger partial charge in [-0.05, 0) is 22.0 Å². The van der Waals surface area contributed by atoms with Gasteiger partial charge in [-0.15, -0.1) is 0 Å². The highest BCUT2D eigenvalue weighted by molar-refractivity contribution is 9.10. The zero-order chi connectivity index (χ0) is 13.8. The summed E-state index contributed by atoms with van der Waals surface area (Å²) in [5.41, 5.74) is -1.42. The summed E-state index contributed by atoms with van der Waals surface area (Å²) in [5.74, 6) is -0.647. The highest BCUT2D eigenvalue weighted by Gasteiger charge is 2.31. The van der Waals surface area contributed by atoms with Crippen LogP contribution in [0, 0.1) is 0 Å². The Balaban J connectivity index is 2.97. The summed E-state index contributed by atoms with van der Waals surface area (Å²) in [6, 6.07) is 1.45. The van der Waals surface area contributed by atoms with Gasteiger partial charge >= 0.3 is 0 Å². The second kappa shape index (κ2) is 6.44. The molecule has 1 rings (SSSR count). The van der Waals surface area contributed by atoms with E-state index in [9.17, 15) is 4.79 Å². The molecule has 1 heterocycles. The lowest BCUT2D eigenvalue weighted by molar-refractivity contribution is 0.0375. The first kappa shape index (κ1) is 15.3. The van der Waals surface area contributed by atoms with Crippen LogP contribution in [0.3, 0.4) is 0 Å². The Labute approximate surface area is 117 Å². The van der Waals surface area contributed by atoms with Gasteiger partial charge in [0.2, 0.25) is 0 Å². The van der Waals surface area contributed by atoms with Crippen LogP contribution in [-0.4, -0.2) is 51.6 Å². The van der Waals surface area contributed by atoms with Crippen molar-refractivity contribution in [2.45, 2.75) is 5.54 Å². The largest absolute Gasteiger partial charge is 0.394 e. The minimum Gasteiger partial charge on any atom is -0.394 e. The van der Waals surface area contributed by atoms with Crippen molar-refractivity contribution in [2.75, 3.05) is 19.8 Å². The fourth-order valence-electron chi connectivity index (χ4n) is 1.16. The number of aliphatic hydroxyl groups is 3. The summed E-state index contributed by atoms with van der Waals surface area (Å²) >= 11 is 8.92. The van der Waals surface area contributed by atoms with E-state index >= 15 is 0 Å². The smallest absolute Gasteiger partial charge is 0.255 e. The molecular formula is C10H12BrClN2O4. The summed E-state index contributed by atoms with van der Waals surface area (Å²) in [6.07, 6.45) is 1.43. The molecule has 0 fully saturated rings. The van der Waals surface area contributed by atoms with Crippen LogP contribution in [0.1, 0.15) is 10.4 Å². The first-order valence-corrected chi connectivity index (χ1v) is 6.11. The maximum Gasteiger partial charge on any atom is 0.255 e. The van der Waals surface area contributed by atoms with E-state index in [0.717, 1.165) is 0 Å². The van der Waals surface area contributed by atoms with Crippen LogP contribution in [0.25, 0.3) is 0 Å². The van der Waals surface area contributed by atoms with Gasteiger partial charge in [-0.25, -0.2) is 4.98 Å². The van der Waals surface area contributed by atoms with Crippen LogP contribution in [-0.2, 0) is 0 Å². The molecule has 8 heteroatoms. The van der Waals surface area contributed by atoms with E-state index in [1.54, 1.807) is 0 Å². The molecule has 0 radical (unpaired) electrons. The lowest BCUT2D eigenvalue weighted by atomic mass is 10.0. The average Bonchev–Trinajstić information content (AvgIpc) is 2.38. The van der Waals surface area contributed by atoms with Crippen LogP contribution in [0.5, 0.6) is 0 Å². The van der Waals surface area contributed by atoms with Gasteiger partial charge in [-0.3, -0.25) is 4.79 Å². The van der Waals surface area contributed by atoms with Crippen molar-refractivity contribution in [3.63, 3.8) is 0 Å². The monoisotopic (exact) mass is 338 g/mol. The minimum atomic E-state index is -1.50. The number of nitrogens with zero attached hydrogens (tertiary/aromatic N) is 1. The SMILES string of the molecule is O=C(NC(CO)(CO)CO)c1cc(Br)cnc1Cl. The van der Waals surface area contributed by atoms with Gasteiger partial charge in [0.1, 0.15) is 10.7 Å². The zero-order valence-electron chi connectivity index (χ0n) is 9.23. The Morgan fingerprint density at radius 2 is 1.94 bits per heavy atom. The molecule has 0 aromatic carbocycles. The number of hydrogen-bond donors (Lipinski definition) is 4. The molecule has 0 aliphatic carbocycles. The predicted octanol–water partition coefficient (Wildman–Crippen LogP) is -0.0570. The molecule has 1 aromatic heterocycles. The summed E-state index contributed by atoms with van der Waals surface area (Å²) in [6.45, 7) is -1.82. The molecule has 0 spiro atoms. The molecule has 6 nitrogen and oxygen atoms in total. The van der Waals surface area contributed by atoms with Crippen molar-refractivity contribution < 1.29 is 20.1 Å². The predicted molar refractivity (Wildman–Crippen MR) is 68.4 cm³/mol. The van der Waals surface area contributed by atoms with Crippen molar-refractivity contribution in [3.8, 4) is 0 Å². The van der Waals surface area contributed by atoms with Crippen LogP contribution < -0.4 is 5.32 Å². The standard InChI is InChI=1S/C10H12BrClN2O4/c11-6-1-7(8(12)13-2-6)9(18)14-10(3-15,4-16)5-17/h1-2,15-17H,3-5H2,(H,14,18).